The Morgan fingerprint density at radius 1 is 1.05 bits per heavy atom. The molecule has 0 amide bonds. The number of unbranched alkanes of at least 4 members (excludes halogenated alkanes) is 2. The summed E-state index contributed by atoms with van der Waals surface area (Å²) in [4.78, 5) is 0. The number of ether oxygens (including phenoxy) is 1. The Labute approximate surface area is 130 Å². The maximum absolute atomic E-state index is 10.0. The average Bonchev–Trinajstić information content (AvgIpc) is 2.44. The Balaban J connectivity index is 2.16. The molecular weight excluding hydrogens is 372 g/mol. The molecule has 0 bridgehead atoms. The Morgan fingerprint density at radius 3 is 2.53 bits per heavy atom. The zero-order valence-electron chi connectivity index (χ0n) is 10.5. The van der Waals surface area contributed by atoms with E-state index in [4.69, 9.17) is 4.74 Å². The lowest BCUT2D eigenvalue weighted by molar-refractivity contribution is 0.309. The number of fused-ring (bicyclic) bond motifs is 1. The zero-order chi connectivity index (χ0) is 13.7. The molecular formula is C15H16Br2O2. The van der Waals surface area contributed by atoms with Gasteiger partial charge in [-0.1, -0.05) is 40.2 Å². The summed E-state index contributed by atoms with van der Waals surface area (Å²) in [5, 5.41) is 12.8. The first-order valence-corrected chi connectivity index (χ1v) is 8.24. The SMILES string of the molecule is Oc1c(Br)cc(OCCCCCBr)c2ccccc12. The van der Waals surface area contributed by atoms with E-state index in [1.54, 1.807) is 0 Å². The molecule has 2 aromatic rings. The van der Waals surface area contributed by atoms with Crippen LogP contribution in [0.1, 0.15) is 19.3 Å². The Bertz CT molecular complexity index is 555. The second-order valence-electron chi connectivity index (χ2n) is 4.35. The molecule has 0 unspecified atom stereocenters. The minimum absolute atomic E-state index is 0.266. The first kappa shape index (κ1) is 14.7. The fraction of sp³-hybridized carbons (Fsp3) is 0.333. The van der Waals surface area contributed by atoms with Crippen LogP contribution in [0.5, 0.6) is 11.5 Å². The smallest absolute Gasteiger partial charge is 0.137 e. The molecule has 0 aromatic heterocycles. The highest BCUT2D eigenvalue weighted by Gasteiger charge is 2.10. The summed E-state index contributed by atoms with van der Waals surface area (Å²) in [5.41, 5.74) is 0. The molecule has 102 valence electrons. The van der Waals surface area contributed by atoms with Crippen molar-refractivity contribution in [1.82, 2.24) is 0 Å². The van der Waals surface area contributed by atoms with Crippen molar-refractivity contribution in [2.75, 3.05) is 11.9 Å². The van der Waals surface area contributed by atoms with Gasteiger partial charge in [-0.05, 0) is 41.3 Å². The first-order chi connectivity index (χ1) is 9.24. The molecule has 0 fully saturated rings. The Hall–Kier alpha value is -0.740. The van der Waals surface area contributed by atoms with Gasteiger partial charge in [-0.15, -0.1) is 0 Å². The third-order valence-corrected chi connectivity index (χ3v) is 4.13. The maximum atomic E-state index is 10.0. The molecule has 2 nitrogen and oxygen atoms in total. The summed E-state index contributed by atoms with van der Waals surface area (Å²) in [7, 11) is 0. The van der Waals surface area contributed by atoms with Crippen LogP contribution in [0.2, 0.25) is 0 Å². The van der Waals surface area contributed by atoms with Crippen molar-refractivity contribution in [3.8, 4) is 11.5 Å². The molecule has 0 aliphatic rings. The van der Waals surface area contributed by atoms with Gasteiger partial charge in [0.05, 0.1) is 11.1 Å². The van der Waals surface area contributed by atoms with Gasteiger partial charge >= 0.3 is 0 Å². The average molecular weight is 388 g/mol. The van der Waals surface area contributed by atoms with Gasteiger partial charge in [-0.3, -0.25) is 0 Å². The van der Waals surface area contributed by atoms with Crippen molar-refractivity contribution >= 4 is 42.6 Å². The summed E-state index contributed by atoms with van der Waals surface area (Å²) in [6, 6.07) is 9.56. The van der Waals surface area contributed by atoms with Crippen LogP contribution in [-0.4, -0.2) is 17.0 Å². The topological polar surface area (TPSA) is 29.5 Å². The summed E-state index contributed by atoms with van der Waals surface area (Å²) < 4.78 is 6.51. The number of phenols is 1. The maximum Gasteiger partial charge on any atom is 0.137 e. The quantitative estimate of drug-likeness (QED) is 0.541. The van der Waals surface area contributed by atoms with E-state index in [0.717, 1.165) is 34.7 Å². The minimum Gasteiger partial charge on any atom is -0.506 e. The summed E-state index contributed by atoms with van der Waals surface area (Å²) >= 11 is 6.79. The predicted octanol–water partition coefficient (Wildman–Crippen LogP) is 5.25. The monoisotopic (exact) mass is 386 g/mol. The number of halogens is 2. The van der Waals surface area contributed by atoms with E-state index in [2.05, 4.69) is 31.9 Å². The summed E-state index contributed by atoms with van der Waals surface area (Å²) in [6.07, 6.45) is 3.37. The molecule has 0 aliphatic carbocycles. The molecule has 0 aliphatic heterocycles. The number of benzene rings is 2. The van der Waals surface area contributed by atoms with Gasteiger partial charge in [0, 0.05) is 16.1 Å². The van der Waals surface area contributed by atoms with Crippen molar-refractivity contribution in [3.05, 3.63) is 34.8 Å². The summed E-state index contributed by atoms with van der Waals surface area (Å²) in [6.45, 7) is 0.703. The normalized spacial score (nSPS) is 10.8. The van der Waals surface area contributed by atoms with E-state index >= 15 is 0 Å². The molecule has 4 heteroatoms. The second kappa shape index (κ2) is 7.15. The highest BCUT2D eigenvalue weighted by atomic mass is 79.9. The molecule has 0 atom stereocenters. The molecule has 1 N–H and O–H groups in total. The number of hydrogen-bond acceptors (Lipinski definition) is 2. The van der Waals surface area contributed by atoms with E-state index in [9.17, 15) is 5.11 Å². The fourth-order valence-corrected chi connectivity index (χ4v) is 2.79. The molecule has 0 spiro atoms. The first-order valence-electron chi connectivity index (χ1n) is 6.33. The summed E-state index contributed by atoms with van der Waals surface area (Å²) in [5.74, 6) is 1.08. The van der Waals surface area contributed by atoms with E-state index in [1.807, 2.05) is 30.3 Å². The largest absolute Gasteiger partial charge is 0.506 e. The fourth-order valence-electron chi connectivity index (χ4n) is 1.97. The van der Waals surface area contributed by atoms with Gasteiger partial charge in [0.15, 0.2) is 0 Å². The number of hydrogen-bond donors (Lipinski definition) is 1. The molecule has 0 heterocycles. The van der Waals surface area contributed by atoms with Crippen LogP contribution in [0, 0.1) is 0 Å². The van der Waals surface area contributed by atoms with Crippen LogP contribution >= 0.6 is 31.9 Å². The van der Waals surface area contributed by atoms with Crippen LogP contribution in [0.15, 0.2) is 34.8 Å². The highest BCUT2D eigenvalue weighted by molar-refractivity contribution is 9.10. The van der Waals surface area contributed by atoms with E-state index in [-0.39, 0.29) is 5.75 Å². The molecule has 0 saturated heterocycles. The molecule has 0 saturated carbocycles. The van der Waals surface area contributed by atoms with Gasteiger partial charge in [0.25, 0.3) is 0 Å². The van der Waals surface area contributed by atoms with Gasteiger partial charge in [0.2, 0.25) is 0 Å². The molecule has 19 heavy (non-hydrogen) atoms. The van der Waals surface area contributed by atoms with Crippen LogP contribution in [0.4, 0.5) is 0 Å². The van der Waals surface area contributed by atoms with Crippen molar-refractivity contribution in [2.45, 2.75) is 19.3 Å². The van der Waals surface area contributed by atoms with E-state index in [0.29, 0.717) is 11.1 Å². The lowest BCUT2D eigenvalue weighted by Gasteiger charge is -2.11. The van der Waals surface area contributed by atoms with E-state index < -0.39 is 0 Å². The number of alkyl halides is 1. The van der Waals surface area contributed by atoms with Gasteiger partial charge in [-0.25, -0.2) is 0 Å². The van der Waals surface area contributed by atoms with Gasteiger partial charge in [-0.2, -0.15) is 0 Å². The lowest BCUT2D eigenvalue weighted by atomic mass is 10.1. The third kappa shape index (κ3) is 3.63. The molecule has 0 radical (unpaired) electrons. The standard InChI is InChI=1S/C15H16Br2O2/c16-8-4-1-5-9-19-14-10-13(17)15(18)12-7-3-2-6-11(12)14/h2-3,6-7,10,18H,1,4-5,8-9H2. The Kier molecular flexibility index (Phi) is 5.52. The molecule has 2 aromatic carbocycles. The predicted molar refractivity (Wildman–Crippen MR) is 86.5 cm³/mol. The third-order valence-electron chi connectivity index (χ3n) is 2.97. The van der Waals surface area contributed by atoms with Gasteiger partial charge < -0.3 is 9.84 Å². The number of phenolic OH excluding ortho intramolecular Hbond substituents is 1. The Morgan fingerprint density at radius 2 is 1.79 bits per heavy atom. The minimum atomic E-state index is 0.266. The van der Waals surface area contributed by atoms with Gasteiger partial charge in [0.1, 0.15) is 11.5 Å². The van der Waals surface area contributed by atoms with Crippen molar-refractivity contribution in [1.29, 1.82) is 0 Å². The van der Waals surface area contributed by atoms with Crippen molar-refractivity contribution in [3.63, 3.8) is 0 Å². The van der Waals surface area contributed by atoms with Crippen LogP contribution in [0.25, 0.3) is 10.8 Å². The lowest BCUT2D eigenvalue weighted by Crippen LogP contribution is -1.98. The van der Waals surface area contributed by atoms with Crippen LogP contribution < -0.4 is 4.74 Å². The van der Waals surface area contributed by atoms with Crippen LogP contribution in [0.3, 0.4) is 0 Å². The highest BCUT2D eigenvalue weighted by Crippen LogP contribution is 2.38. The van der Waals surface area contributed by atoms with E-state index in [1.165, 1.54) is 6.42 Å². The van der Waals surface area contributed by atoms with Crippen LogP contribution in [-0.2, 0) is 0 Å². The van der Waals surface area contributed by atoms with Crippen molar-refractivity contribution < 1.29 is 9.84 Å². The number of rotatable bonds is 6. The number of aromatic hydroxyl groups is 1. The molecule has 2 rings (SSSR count). The zero-order valence-corrected chi connectivity index (χ0v) is 13.7. The second-order valence-corrected chi connectivity index (χ2v) is 6.00. The van der Waals surface area contributed by atoms with Crippen molar-refractivity contribution in [2.24, 2.45) is 0 Å².